The van der Waals surface area contributed by atoms with E-state index in [-0.39, 0.29) is 10.3 Å². The van der Waals surface area contributed by atoms with Gasteiger partial charge in [0.2, 0.25) is 0 Å². The van der Waals surface area contributed by atoms with Crippen molar-refractivity contribution in [2.45, 2.75) is 6.92 Å². The minimum absolute atomic E-state index is 0.177. The molecule has 0 fully saturated rings. The molecule has 0 aliphatic heterocycles. The van der Waals surface area contributed by atoms with Crippen molar-refractivity contribution in [1.82, 2.24) is 9.55 Å². The van der Waals surface area contributed by atoms with E-state index in [0.717, 1.165) is 11.6 Å². The molecule has 0 saturated carbocycles. The summed E-state index contributed by atoms with van der Waals surface area (Å²) in [6, 6.07) is 7.35. The third kappa shape index (κ3) is 2.03. The molecular formula is C14H9ClF2N2S. The molecule has 2 nitrogen and oxygen atoms in total. The van der Waals surface area contributed by atoms with Crippen LogP contribution in [-0.4, -0.2) is 9.55 Å². The highest BCUT2D eigenvalue weighted by Gasteiger charge is 2.13. The van der Waals surface area contributed by atoms with E-state index < -0.39 is 11.6 Å². The van der Waals surface area contributed by atoms with Crippen molar-refractivity contribution in [3.63, 3.8) is 0 Å². The van der Waals surface area contributed by atoms with Crippen LogP contribution in [0.3, 0.4) is 0 Å². The number of nitrogens with one attached hydrogen (secondary N) is 1. The molecule has 1 heterocycles. The van der Waals surface area contributed by atoms with E-state index in [4.69, 9.17) is 23.8 Å². The van der Waals surface area contributed by atoms with E-state index in [1.54, 1.807) is 16.7 Å². The molecule has 20 heavy (non-hydrogen) atoms. The normalized spacial score (nSPS) is 11.2. The van der Waals surface area contributed by atoms with Crippen LogP contribution in [0.1, 0.15) is 5.56 Å². The van der Waals surface area contributed by atoms with Crippen molar-refractivity contribution >= 4 is 34.9 Å². The van der Waals surface area contributed by atoms with Crippen LogP contribution in [0.25, 0.3) is 16.7 Å². The molecule has 0 saturated heterocycles. The van der Waals surface area contributed by atoms with Crippen LogP contribution in [0.5, 0.6) is 0 Å². The summed E-state index contributed by atoms with van der Waals surface area (Å²) in [5.74, 6) is -1.33. The van der Waals surface area contributed by atoms with Crippen LogP contribution in [-0.2, 0) is 0 Å². The maximum Gasteiger partial charge on any atom is 0.182 e. The van der Waals surface area contributed by atoms with Gasteiger partial charge in [0, 0.05) is 17.2 Å². The SMILES string of the molecule is Cc1ccc(Cl)cc1-n1c(=S)[nH]c2c(F)cc(F)cc21. The zero-order chi connectivity index (χ0) is 14.4. The Morgan fingerprint density at radius 1 is 1.20 bits per heavy atom. The number of fused-ring (bicyclic) bond motifs is 1. The Morgan fingerprint density at radius 2 is 1.95 bits per heavy atom. The first kappa shape index (κ1) is 13.3. The Labute approximate surface area is 123 Å². The number of aromatic amines is 1. The van der Waals surface area contributed by atoms with Crippen molar-refractivity contribution in [2.24, 2.45) is 0 Å². The fraction of sp³-hybridized carbons (Fsp3) is 0.0714. The van der Waals surface area contributed by atoms with Crippen LogP contribution in [0.2, 0.25) is 5.02 Å². The molecule has 0 atom stereocenters. The molecule has 6 heteroatoms. The van der Waals surface area contributed by atoms with Crippen molar-refractivity contribution < 1.29 is 8.78 Å². The number of halogens is 3. The molecule has 0 spiro atoms. The van der Waals surface area contributed by atoms with Gasteiger partial charge >= 0.3 is 0 Å². The average Bonchev–Trinajstić information content (AvgIpc) is 2.69. The third-order valence-corrected chi connectivity index (χ3v) is 3.64. The molecule has 3 aromatic rings. The number of hydrogen-bond acceptors (Lipinski definition) is 1. The molecule has 1 aromatic heterocycles. The van der Waals surface area contributed by atoms with Gasteiger partial charge in [0.15, 0.2) is 10.6 Å². The topological polar surface area (TPSA) is 20.7 Å². The molecule has 0 aliphatic carbocycles. The molecule has 0 radical (unpaired) electrons. The second kappa shape index (κ2) is 4.68. The maximum atomic E-state index is 13.8. The Hall–Kier alpha value is -1.72. The van der Waals surface area contributed by atoms with Gasteiger partial charge in [-0.1, -0.05) is 17.7 Å². The second-order valence-corrected chi connectivity index (χ2v) is 5.30. The Kier molecular flexibility index (Phi) is 3.11. The highest BCUT2D eigenvalue weighted by atomic mass is 35.5. The predicted octanol–water partition coefficient (Wildman–Crippen LogP) is 4.93. The summed E-state index contributed by atoms with van der Waals surface area (Å²) in [4.78, 5) is 2.76. The molecule has 102 valence electrons. The lowest BCUT2D eigenvalue weighted by molar-refractivity contribution is 0.590. The van der Waals surface area contributed by atoms with Gasteiger partial charge in [-0.3, -0.25) is 4.57 Å². The lowest BCUT2D eigenvalue weighted by atomic mass is 10.2. The monoisotopic (exact) mass is 310 g/mol. The van der Waals surface area contributed by atoms with Gasteiger partial charge in [0.05, 0.1) is 11.2 Å². The zero-order valence-electron chi connectivity index (χ0n) is 10.4. The van der Waals surface area contributed by atoms with E-state index in [0.29, 0.717) is 16.2 Å². The first-order valence-corrected chi connectivity index (χ1v) is 6.62. The Bertz CT molecular complexity index is 883. The Morgan fingerprint density at radius 3 is 2.70 bits per heavy atom. The third-order valence-electron chi connectivity index (χ3n) is 3.12. The first-order valence-electron chi connectivity index (χ1n) is 5.83. The fourth-order valence-electron chi connectivity index (χ4n) is 2.19. The van der Waals surface area contributed by atoms with E-state index in [1.165, 1.54) is 6.07 Å². The number of aromatic nitrogens is 2. The number of hydrogen-bond donors (Lipinski definition) is 1. The second-order valence-electron chi connectivity index (χ2n) is 4.48. The summed E-state index contributed by atoms with van der Waals surface area (Å²) in [5, 5.41) is 0.527. The molecule has 0 amide bonds. The molecular weight excluding hydrogens is 302 g/mol. The number of rotatable bonds is 1. The maximum absolute atomic E-state index is 13.8. The molecule has 1 N–H and O–H groups in total. The number of benzene rings is 2. The zero-order valence-corrected chi connectivity index (χ0v) is 11.9. The van der Waals surface area contributed by atoms with Crippen molar-refractivity contribution in [1.29, 1.82) is 0 Å². The van der Waals surface area contributed by atoms with Gasteiger partial charge in [-0.25, -0.2) is 8.78 Å². The molecule has 3 rings (SSSR count). The highest BCUT2D eigenvalue weighted by molar-refractivity contribution is 7.71. The van der Waals surface area contributed by atoms with Gasteiger partial charge in [0.25, 0.3) is 0 Å². The van der Waals surface area contributed by atoms with Crippen molar-refractivity contribution in [3.8, 4) is 5.69 Å². The summed E-state index contributed by atoms with van der Waals surface area (Å²) in [5.41, 5.74) is 2.11. The summed E-state index contributed by atoms with van der Waals surface area (Å²) in [6.45, 7) is 1.88. The number of imidazole rings is 1. The van der Waals surface area contributed by atoms with E-state index in [9.17, 15) is 8.78 Å². The number of nitrogens with zero attached hydrogens (tertiary/aromatic N) is 1. The minimum Gasteiger partial charge on any atom is -0.328 e. The smallest absolute Gasteiger partial charge is 0.182 e. The van der Waals surface area contributed by atoms with Gasteiger partial charge in [0.1, 0.15) is 11.3 Å². The summed E-state index contributed by atoms with van der Waals surface area (Å²) in [6.07, 6.45) is 0. The lowest BCUT2D eigenvalue weighted by Crippen LogP contribution is -1.97. The number of H-pyrrole nitrogens is 1. The molecule has 0 unspecified atom stereocenters. The van der Waals surface area contributed by atoms with Crippen molar-refractivity contribution in [3.05, 3.63) is 57.3 Å². The number of aryl methyl sites for hydroxylation is 1. The first-order chi connectivity index (χ1) is 9.47. The van der Waals surface area contributed by atoms with Crippen LogP contribution in [0, 0.1) is 23.3 Å². The van der Waals surface area contributed by atoms with Crippen LogP contribution < -0.4 is 0 Å². The van der Waals surface area contributed by atoms with Gasteiger partial charge in [-0.15, -0.1) is 0 Å². The van der Waals surface area contributed by atoms with Gasteiger partial charge < -0.3 is 4.98 Å². The lowest BCUT2D eigenvalue weighted by Gasteiger charge is -2.09. The fourth-order valence-corrected chi connectivity index (χ4v) is 2.66. The van der Waals surface area contributed by atoms with E-state index in [1.807, 2.05) is 13.0 Å². The van der Waals surface area contributed by atoms with Gasteiger partial charge in [-0.05, 0) is 36.8 Å². The van der Waals surface area contributed by atoms with E-state index >= 15 is 0 Å². The predicted molar refractivity (Wildman–Crippen MR) is 78.1 cm³/mol. The molecule has 0 bridgehead atoms. The summed E-state index contributed by atoms with van der Waals surface area (Å²) >= 11 is 11.2. The van der Waals surface area contributed by atoms with Crippen LogP contribution in [0.15, 0.2) is 30.3 Å². The van der Waals surface area contributed by atoms with Crippen LogP contribution in [0.4, 0.5) is 8.78 Å². The van der Waals surface area contributed by atoms with Crippen molar-refractivity contribution in [2.75, 3.05) is 0 Å². The molecule has 0 aliphatic rings. The Balaban J connectivity index is 2.45. The quantitative estimate of drug-likeness (QED) is 0.632. The van der Waals surface area contributed by atoms with E-state index in [2.05, 4.69) is 4.98 Å². The summed E-state index contributed by atoms with van der Waals surface area (Å²) < 4.78 is 29.1. The minimum atomic E-state index is -0.676. The highest BCUT2D eigenvalue weighted by Crippen LogP contribution is 2.26. The standard InChI is InChI=1S/C14H9ClF2N2S/c1-7-2-3-8(15)4-11(7)19-12-6-9(16)5-10(17)13(12)18-14(19)20/h2-6H,1H3,(H,18,20). The van der Waals surface area contributed by atoms with Crippen LogP contribution >= 0.6 is 23.8 Å². The summed E-state index contributed by atoms with van der Waals surface area (Å²) in [7, 11) is 0. The van der Waals surface area contributed by atoms with Gasteiger partial charge in [-0.2, -0.15) is 0 Å². The largest absolute Gasteiger partial charge is 0.328 e. The average molecular weight is 311 g/mol. The molecule has 2 aromatic carbocycles.